The Kier molecular flexibility index (Phi) is 3.76. The van der Waals surface area contributed by atoms with Crippen molar-refractivity contribution < 1.29 is 4.79 Å². The molecule has 1 aliphatic carbocycles. The molecule has 0 bridgehead atoms. The van der Waals surface area contributed by atoms with E-state index in [1.54, 1.807) is 0 Å². The van der Waals surface area contributed by atoms with Gasteiger partial charge < -0.3 is 15.2 Å². The lowest BCUT2D eigenvalue weighted by Gasteiger charge is -2.31. The highest BCUT2D eigenvalue weighted by Crippen LogP contribution is 2.28. The van der Waals surface area contributed by atoms with Crippen LogP contribution in [0, 0.1) is 6.92 Å². The van der Waals surface area contributed by atoms with Crippen molar-refractivity contribution in [2.24, 2.45) is 0 Å². The van der Waals surface area contributed by atoms with E-state index < -0.39 is 0 Å². The maximum Gasteiger partial charge on any atom is 0.317 e. The molecule has 2 aromatic rings. The minimum Gasteiger partial charge on any atom is -0.358 e. The molecule has 1 aliphatic heterocycles. The van der Waals surface area contributed by atoms with Crippen LogP contribution in [0.25, 0.3) is 10.9 Å². The van der Waals surface area contributed by atoms with Gasteiger partial charge in [-0.05, 0) is 31.9 Å². The van der Waals surface area contributed by atoms with Gasteiger partial charge in [-0.3, -0.25) is 0 Å². The zero-order valence-electron chi connectivity index (χ0n) is 13.8. The Balaban J connectivity index is 1.52. The first-order valence-electron chi connectivity index (χ1n) is 8.86. The van der Waals surface area contributed by atoms with Crippen LogP contribution in [-0.2, 0) is 13.0 Å². The molecule has 0 saturated heterocycles. The van der Waals surface area contributed by atoms with Crippen LogP contribution in [0.2, 0.25) is 0 Å². The number of aromatic amines is 1. The van der Waals surface area contributed by atoms with Gasteiger partial charge in [0.15, 0.2) is 0 Å². The zero-order valence-corrected chi connectivity index (χ0v) is 13.8. The average Bonchev–Trinajstić information content (AvgIpc) is 2.93. The number of hydrogen-bond donors (Lipinski definition) is 2. The van der Waals surface area contributed by atoms with Crippen molar-refractivity contribution in [3.8, 4) is 0 Å². The molecule has 4 heteroatoms. The molecule has 122 valence electrons. The monoisotopic (exact) mass is 311 g/mol. The molecule has 0 spiro atoms. The average molecular weight is 311 g/mol. The van der Waals surface area contributed by atoms with E-state index in [2.05, 4.69) is 35.4 Å². The summed E-state index contributed by atoms with van der Waals surface area (Å²) in [5.74, 6) is 0. The molecule has 0 atom stereocenters. The lowest BCUT2D eigenvalue weighted by atomic mass is 9.95. The molecule has 0 radical (unpaired) electrons. The highest BCUT2D eigenvalue weighted by atomic mass is 16.2. The van der Waals surface area contributed by atoms with E-state index in [-0.39, 0.29) is 6.03 Å². The normalized spacial score (nSPS) is 18.9. The number of carbonyl (C=O) groups is 1. The van der Waals surface area contributed by atoms with Crippen LogP contribution < -0.4 is 5.32 Å². The van der Waals surface area contributed by atoms with Crippen LogP contribution >= 0.6 is 0 Å². The molecule has 4 nitrogen and oxygen atoms in total. The van der Waals surface area contributed by atoms with Crippen molar-refractivity contribution in [3.63, 3.8) is 0 Å². The molecule has 1 aromatic carbocycles. The summed E-state index contributed by atoms with van der Waals surface area (Å²) in [5, 5.41) is 4.52. The van der Waals surface area contributed by atoms with Gasteiger partial charge >= 0.3 is 6.03 Å². The van der Waals surface area contributed by atoms with Crippen LogP contribution in [0.3, 0.4) is 0 Å². The molecule has 2 amide bonds. The standard InChI is InChI=1S/C19H25N3O/c1-13-7-8-17-15(11-13)16-12-22(10-9-18(16)21-17)19(23)20-14-5-3-2-4-6-14/h7-8,11,14,21H,2-6,9-10,12H2,1H3,(H,20,23). The molecule has 23 heavy (non-hydrogen) atoms. The summed E-state index contributed by atoms with van der Waals surface area (Å²) in [7, 11) is 0. The molecule has 4 rings (SSSR count). The van der Waals surface area contributed by atoms with E-state index >= 15 is 0 Å². The smallest absolute Gasteiger partial charge is 0.317 e. The molecular formula is C19H25N3O. The summed E-state index contributed by atoms with van der Waals surface area (Å²) in [6.07, 6.45) is 7.00. The van der Waals surface area contributed by atoms with Gasteiger partial charge in [0.25, 0.3) is 0 Å². The third-order valence-corrected chi connectivity index (χ3v) is 5.35. The Bertz CT molecular complexity index is 728. The van der Waals surface area contributed by atoms with E-state index in [1.807, 2.05) is 4.90 Å². The van der Waals surface area contributed by atoms with Gasteiger partial charge in [-0.1, -0.05) is 30.9 Å². The topological polar surface area (TPSA) is 48.1 Å². The zero-order chi connectivity index (χ0) is 15.8. The Labute approximate surface area is 137 Å². The number of rotatable bonds is 1. The number of aryl methyl sites for hydroxylation is 1. The second-order valence-corrected chi connectivity index (χ2v) is 7.09. The summed E-state index contributed by atoms with van der Waals surface area (Å²) < 4.78 is 0. The number of hydrogen-bond acceptors (Lipinski definition) is 1. The molecule has 2 N–H and O–H groups in total. The lowest BCUT2D eigenvalue weighted by molar-refractivity contribution is 0.185. The summed E-state index contributed by atoms with van der Waals surface area (Å²) in [6, 6.07) is 7.01. The molecule has 0 unspecified atom stereocenters. The van der Waals surface area contributed by atoms with Crippen molar-refractivity contribution in [1.29, 1.82) is 0 Å². The third kappa shape index (κ3) is 2.82. The maximum atomic E-state index is 12.6. The van der Waals surface area contributed by atoms with Crippen molar-refractivity contribution in [2.75, 3.05) is 6.54 Å². The van der Waals surface area contributed by atoms with Crippen LogP contribution in [0.5, 0.6) is 0 Å². The van der Waals surface area contributed by atoms with Gasteiger partial charge in [0.1, 0.15) is 0 Å². The van der Waals surface area contributed by atoms with Crippen molar-refractivity contribution in [3.05, 3.63) is 35.0 Å². The highest BCUT2D eigenvalue weighted by Gasteiger charge is 2.25. The maximum absolute atomic E-state index is 12.6. The van der Waals surface area contributed by atoms with Crippen LogP contribution in [0.4, 0.5) is 4.79 Å². The van der Waals surface area contributed by atoms with E-state index in [0.717, 1.165) is 32.4 Å². The Morgan fingerprint density at radius 3 is 2.91 bits per heavy atom. The number of carbonyl (C=O) groups excluding carboxylic acids is 1. The Hall–Kier alpha value is -1.97. The van der Waals surface area contributed by atoms with Gasteiger partial charge in [-0.15, -0.1) is 0 Å². The van der Waals surface area contributed by atoms with Crippen molar-refractivity contribution >= 4 is 16.9 Å². The molecule has 2 heterocycles. The number of H-pyrrole nitrogens is 1. The van der Waals surface area contributed by atoms with Crippen molar-refractivity contribution in [2.45, 2.75) is 58.0 Å². The summed E-state index contributed by atoms with van der Waals surface area (Å²) in [4.78, 5) is 18.1. The van der Waals surface area contributed by atoms with Gasteiger partial charge in [-0.2, -0.15) is 0 Å². The second kappa shape index (κ2) is 5.91. The third-order valence-electron chi connectivity index (χ3n) is 5.35. The predicted octanol–water partition coefficient (Wildman–Crippen LogP) is 3.88. The number of nitrogens with one attached hydrogen (secondary N) is 2. The van der Waals surface area contributed by atoms with Gasteiger partial charge in [0, 0.05) is 47.7 Å². The molecule has 1 fully saturated rings. The fourth-order valence-electron chi connectivity index (χ4n) is 4.01. The molecule has 1 aromatic heterocycles. The first kappa shape index (κ1) is 14.6. The van der Waals surface area contributed by atoms with Gasteiger partial charge in [0.05, 0.1) is 0 Å². The Morgan fingerprint density at radius 2 is 2.09 bits per heavy atom. The lowest BCUT2D eigenvalue weighted by Crippen LogP contribution is -2.47. The van der Waals surface area contributed by atoms with Crippen LogP contribution in [0.15, 0.2) is 18.2 Å². The fourth-order valence-corrected chi connectivity index (χ4v) is 4.01. The van der Waals surface area contributed by atoms with E-state index in [4.69, 9.17) is 0 Å². The number of aromatic nitrogens is 1. The van der Waals surface area contributed by atoms with Crippen LogP contribution in [-0.4, -0.2) is 28.5 Å². The fraction of sp³-hybridized carbons (Fsp3) is 0.526. The predicted molar refractivity (Wildman–Crippen MR) is 92.6 cm³/mol. The number of urea groups is 1. The largest absolute Gasteiger partial charge is 0.358 e. The highest BCUT2D eigenvalue weighted by molar-refractivity contribution is 5.86. The number of fused-ring (bicyclic) bond motifs is 3. The van der Waals surface area contributed by atoms with E-state index in [9.17, 15) is 4.79 Å². The van der Waals surface area contributed by atoms with Gasteiger partial charge in [0.2, 0.25) is 0 Å². The van der Waals surface area contributed by atoms with Gasteiger partial charge in [-0.25, -0.2) is 4.79 Å². The first-order chi connectivity index (χ1) is 11.2. The summed E-state index contributed by atoms with van der Waals surface area (Å²) >= 11 is 0. The van der Waals surface area contributed by atoms with E-state index in [0.29, 0.717) is 6.04 Å². The minimum absolute atomic E-state index is 0.115. The summed E-state index contributed by atoms with van der Waals surface area (Å²) in [6.45, 7) is 3.64. The van der Waals surface area contributed by atoms with Crippen molar-refractivity contribution in [1.82, 2.24) is 15.2 Å². The van der Waals surface area contributed by atoms with E-state index in [1.165, 1.54) is 47.0 Å². The number of benzene rings is 1. The quantitative estimate of drug-likeness (QED) is 0.825. The first-order valence-corrected chi connectivity index (χ1v) is 8.86. The SMILES string of the molecule is Cc1ccc2[nH]c3c(c2c1)CN(C(=O)NC1CCCCC1)CC3. The second-order valence-electron chi connectivity index (χ2n) is 7.09. The minimum atomic E-state index is 0.115. The van der Waals surface area contributed by atoms with Crippen LogP contribution in [0.1, 0.15) is 48.9 Å². The molecule has 2 aliphatic rings. The number of amides is 2. The summed E-state index contributed by atoms with van der Waals surface area (Å²) in [5.41, 5.74) is 5.05. The Morgan fingerprint density at radius 1 is 1.26 bits per heavy atom. The number of nitrogens with zero attached hydrogens (tertiary/aromatic N) is 1. The molecular weight excluding hydrogens is 286 g/mol. The molecule has 1 saturated carbocycles.